The van der Waals surface area contributed by atoms with Crippen LogP contribution in [0.3, 0.4) is 0 Å². The van der Waals surface area contributed by atoms with Crippen LogP contribution >= 0.6 is 0 Å². The topological polar surface area (TPSA) is 24.7 Å². The van der Waals surface area contributed by atoms with E-state index in [0.717, 1.165) is 6.42 Å². The van der Waals surface area contributed by atoms with E-state index in [0.29, 0.717) is 6.04 Å². The molecule has 0 heterocycles. The summed E-state index contributed by atoms with van der Waals surface area (Å²) in [6.07, 6.45) is 1.02. The molecule has 11 heavy (non-hydrogen) atoms. The van der Waals surface area contributed by atoms with Crippen LogP contribution < -0.4 is 0 Å². The van der Waals surface area contributed by atoms with Crippen molar-refractivity contribution >= 4 is 6.01 Å². The molecule has 0 aromatic carbocycles. The normalized spacial score (nSPS) is 11.1. The second-order valence-electron chi connectivity index (χ2n) is 3.60. The van der Waals surface area contributed by atoms with Crippen molar-refractivity contribution in [3.8, 4) is 0 Å². The fraction of sp³-hybridized carbons (Fsp3) is 0.889. The Kier molecular flexibility index (Phi) is 4.06. The van der Waals surface area contributed by atoms with Gasteiger partial charge in [-0.1, -0.05) is 6.92 Å². The molecule has 0 rings (SSSR count). The van der Waals surface area contributed by atoms with E-state index in [4.69, 9.17) is 0 Å². The fourth-order valence-corrected chi connectivity index (χ4v) is 0.359. The highest BCUT2D eigenvalue weighted by molar-refractivity contribution is 5.42. The molecule has 0 aliphatic carbocycles. The lowest BCUT2D eigenvalue weighted by Gasteiger charge is -2.13. The molecular weight excluding hydrogens is 136 g/mol. The van der Waals surface area contributed by atoms with Gasteiger partial charge in [-0.3, -0.25) is 0 Å². The summed E-state index contributed by atoms with van der Waals surface area (Å²) in [5.74, 6) is 0. The van der Waals surface area contributed by atoms with Crippen molar-refractivity contribution in [3.63, 3.8) is 0 Å². The molecule has 0 saturated carbocycles. The summed E-state index contributed by atoms with van der Waals surface area (Å²) in [4.78, 5) is 8.24. The first-order valence-corrected chi connectivity index (χ1v) is 4.14. The van der Waals surface area contributed by atoms with Gasteiger partial charge in [0.15, 0.2) is 0 Å². The van der Waals surface area contributed by atoms with Gasteiger partial charge in [0.05, 0.1) is 17.6 Å². The molecule has 0 N–H and O–H groups in total. The van der Waals surface area contributed by atoms with Crippen LogP contribution in [0.1, 0.15) is 41.0 Å². The van der Waals surface area contributed by atoms with E-state index >= 15 is 0 Å². The van der Waals surface area contributed by atoms with Crippen LogP contribution in [0.4, 0.5) is 0 Å². The Morgan fingerprint density at radius 2 is 1.91 bits per heavy atom. The zero-order chi connectivity index (χ0) is 8.91. The summed E-state index contributed by atoms with van der Waals surface area (Å²) in [5.41, 5.74) is -0.00160. The van der Waals surface area contributed by atoms with Crippen molar-refractivity contribution in [3.05, 3.63) is 0 Å². The SMILES string of the molecule is CCC(C)(C)N=C=NC(C)C. The first-order chi connectivity index (χ1) is 4.98. The van der Waals surface area contributed by atoms with Gasteiger partial charge in [-0.05, 0) is 34.1 Å². The molecule has 0 aliphatic rings. The van der Waals surface area contributed by atoms with Gasteiger partial charge < -0.3 is 0 Å². The van der Waals surface area contributed by atoms with Crippen molar-refractivity contribution in [1.82, 2.24) is 0 Å². The second-order valence-corrected chi connectivity index (χ2v) is 3.60. The zero-order valence-corrected chi connectivity index (χ0v) is 8.18. The van der Waals surface area contributed by atoms with E-state index < -0.39 is 0 Å². The fourth-order valence-electron chi connectivity index (χ4n) is 0.359. The second kappa shape index (κ2) is 4.30. The monoisotopic (exact) mass is 154 g/mol. The highest BCUT2D eigenvalue weighted by Gasteiger charge is 2.10. The minimum absolute atomic E-state index is 0.00160. The van der Waals surface area contributed by atoms with Crippen LogP contribution in [0, 0.1) is 0 Å². The van der Waals surface area contributed by atoms with Gasteiger partial charge >= 0.3 is 0 Å². The van der Waals surface area contributed by atoms with Crippen LogP contribution in [0.15, 0.2) is 9.98 Å². The average molecular weight is 154 g/mol. The van der Waals surface area contributed by atoms with E-state index in [1.54, 1.807) is 0 Å². The Morgan fingerprint density at radius 3 is 2.27 bits per heavy atom. The summed E-state index contributed by atoms with van der Waals surface area (Å²) in [7, 11) is 0. The zero-order valence-electron chi connectivity index (χ0n) is 8.18. The van der Waals surface area contributed by atoms with Crippen molar-refractivity contribution in [2.24, 2.45) is 9.98 Å². The molecule has 0 aromatic heterocycles. The third-order valence-corrected chi connectivity index (χ3v) is 1.53. The van der Waals surface area contributed by atoms with E-state index in [1.165, 1.54) is 0 Å². The van der Waals surface area contributed by atoms with Gasteiger partial charge in [-0.2, -0.15) is 0 Å². The lowest BCUT2D eigenvalue weighted by molar-refractivity contribution is 0.507. The van der Waals surface area contributed by atoms with E-state index in [9.17, 15) is 0 Å². The maximum atomic E-state index is 4.20. The third-order valence-electron chi connectivity index (χ3n) is 1.53. The standard InChI is InChI=1S/C9H18N2/c1-6-9(4,5)11-7-10-8(2)3/h8H,6H2,1-5H3. The Morgan fingerprint density at radius 1 is 1.36 bits per heavy atom. The summed E-state index contributed by atoms with van der Waals surface area (Å²) in [5, 5.41) is 0. The van der Waals surface area contributed by atoms with Crippen LogP contribution in [0.25, 0.3) is 0 Å². The summed E-state index contributed by atoms with van der Waals surface area (Å²) < 4.78 is 0. The molecule has 0 unspecified atom stereocenters. The summed E-state index contributed by atoms with van der Waals surface area (Å²) >= 11 is 0. The Balaban J connectivity index is 4.11. The number of hydrogen-bond donors (Lipinski definition) is 0. The molecule has 0 aliphatic heterocycles. The lowest BCUT2D eigenvalue weighted by atomic mass is 10.0. The Labute approximate surface area is 69.4 Å². The van der Waals surface area contributed by atoms with Crippen LogP contribution in [-0.4, -0.2) is 17.6 Å². The van der Waals surface area contributed by atoms with Crippen molar-refractivity contribution in [1.29, 1.82) is 0 Å². The molecule has 0 spiro atoms. The number of rotatable bonds is 3. The minimum Gasteiger partial charge on any atom is -0.223 e. The van der Waals surface area contributed by atoms with Crippen molar-refractivity contribution in [2.45, 2.75) is 52.6 Å². The minimum atomic E-state index is -0.00160. The molecule has 2 heteroatoms. The maximum Gasteiger partial charge on any atom is 0.0900 e. The highest BCUT2D eigenvalue weighted by Crippen LogP contribution is 2.11. The smallest absolute Gasteiger partial charge is 0.0900 e. The van der Waals surface area contributed by atoms with Crippen LogP contribution in [0.2, 0.25) is 0 Å². The Hall–Kier alpha value is -0.620. The predicted octanol–water partition coefficient (Wildman–Crippen LogP) is 2.76. The molecule has 0 radical (unpaired) electrons. The van der Waals surface area contributed by atoms with Crippen LogP contribution in [0.5, 0.6) is 0 Å². The Bertz CT molecular complexity index is 162. The highest BCUT2D eigenvalue weighted by atomic mass is 14.9. The summed E-state index contributed by atoms with van der Waals surface area (Å²) in [6, 6.07) is 3.02. The van der Waals surface area contributed by atoms with E-state index in [2.05, 4.69) is 36.8 Å². The van der Waals surface area contributed by atoms with Gasteiger partial charge in [0.2, 0.25) is 0 Å². The molecule has 0 amide bonds. The largest absolute Gasteiger partial charge is 0.223 e. The molecule has 64 valence electrons. The van der Waals surface area contributed by atoms with Gasteiger partial charge in [0.1, 0.15) is 0 Å². The molecule has 0 bridgehead atoms. The van der Waals surface area contributed by atoms with Gasteiger partial charge in [-0.25, -0.2) is 9.98 Å². The van der Waals surface area contributed by atoms with Gasteiger partial charge in [-0.15, -0.1) is 0 Å². The molecule has 0 saturated heterocycles. The quantitative estimate of drug-likeness (QED) is 0.558. The molecule has 0 atom stereocenters. The van der Waals surface area contributed by atoms with Crippen molar-refractivity contribution in [2.75, 3.05) is 0 Å². The molecular formula is C9H18N2. The number of hydrogen-bond acceptors (Lipinski definition) is 2. The van der Waals surface area contributed by atoms with E-state index in [-0.39, 0.29) is 5.54 Å². The third kappa shape index (κ3) is 5.81. The number of nitrogens with zero attached hydrogens (tertiary/aromatic N) is 2. The van der Waals surface area contributed by atoms with Gasteiger partial charge in [0.25, 0.3) is 0 Å². The molecule has 0 fully saturated rings. The summed E-state index contributed by atoms with van der Waals surface area (Å²) in [6.45, 7) is 10.3. The number of aliphatic imine (C=N–C) groups is 2. The van der Waals surface area contributed by atoms with Crippen LogP contribution in [-0.2, 0) is 0 Å². The van der Waals surface area contributed by atoms with Gasteiger partial charge in [0, 0.05) is 0 Å². The maximum absolute atomic E-state index is 4.20. The predicted molar refractivity (Wildman–Crippen MR) is 49.4 cm³/mol. The van der Waals surface area contributed by atoms with E-state index in [1.807, 2.05) is 13.8 Å². The molecule has 2 nitrogen and oxygen atoms in total. The first-order valence-electron chi connectivity index (χ1n) is 4.14. The first kappa shape index (κ1) is 10.4. The molecule has 0 aromatic rings. The van der Waals surface area contributed by atoms with Crippen molar-refractivity contribution < 1.29 is 0 Å². The average Bonchev–Trinajstić information content (AvgIpc) is 1.87. The lowest BCUT2D eigenvalue weighted by Crippen LogP contribution is -2.13.